The highest BCUT2D eigenvalue weighted by molar-refractivity contribution is 6.33. The average Bonchev–Trinajstić information content (AvgIpc) is 2.65. The maximum absolute atomic E-state index is 13.7. The first-order valence-corrected chi connectivity index (χ1v) is 7.81. The molecule has 2 N–H and O–H groups in total. The van der Waals surface area contributed by atoms with E-state index in [9.17, 15) is 9.18 Å². The minimum Gasteiger partial charge on any atom is -0.465 e. The van der Waals surface area contributed by atoms with Gasteiger partial charge in [0.2, 0.25) is 5.95 Å². The van der Waals surface area contributed by atoms with E-state index in [1.807, 2.05) is 0 Å². The van der Waals surface area contributed by atoms with Crippen molar-refractivity contribution >= 4 is 40.7 Å². The van der Waals surface area contributed by atoms with Gasteiger partial charge in [-0.3, -0.25) is 0 Å². The number of nitrogens with one attached hydrogen (secondary N) is 2. The van der Waals surface area contributed by atoms with Gasteiger partial charge in [0.25, 0.3) is 0 Å². The third kappa shape index (κ3) is 4.04. The van der Waals surface area contributed by atoms with E-state index in [1.54, 1.807) is 24.3 Å². The van der Waals surface area contributed by atoms with Crippen molar-refractivity contribution in [3.8, 4) is 0 Å². The number of halogens is 2. The first-order chi connectivity index (χ1) is 12.6. The molecule has 0 spiro atoms. The third-order valence-corrected chi connectivity index (χ3v) is 3.66. The molecule has 0 bridgehead atoms. The number of hydrogen-bond acceptors (Lipinski definition) is 7. The van der Waals surface area contributed by atoms with Crippen molar-refractivity contribution < 1.29 is 13.9 Å². The molecule has 0 saturated carbocycles. The molecule has 0 atom stereocenters. The van der Waals surface area contributed by atoms with Crippen LogP contribution >= 0.6 is 11.6 Å². The molecule has 1 aromatic heterocycles. The van der Waals surface area contributed by atoms with Crippen LogP contribution in [0.5, 0.6) is 0 Å². The van der Waals surface area contributed by atoms with Crippen LogP contribution in [0.15, 0.2) is 48.7 Å². The molecule has 0 amide bonds. The first-order valence-electron chi connectivity index (χ1n) is 7.43. The number of nitrogens with zero attached hydrogens (tertiary/aromatic N) is 3. The zero-order chi connectivity index (χ0) is 18.5. The summed E-state index contributed by atoms with van der Waals surface area (Å²) in [6.45, 7) is 0. The lowest BCUT2D eigenvalue weighted by molar-refractivity contribution is 0.0601. The van der Waals surface area contributed by atoms with E-state index in [0.717, 1.165) is 0 Å². The van der Waals surface area contributed by atoms with Crippen LogP contribution < -0.4 is 10.6 Å². The van der Waals surface area contributed by atoms with Crippen molar-refractivity contribution in [2.24, 2.45) is 0 Å². The Hall–Kier alpha value is -3.26. The molecule has 0 unspecified atom stereocenters. The summed E-state index contributed by atoms with van der Waals surface area (Å²) < 4.78 is 18.4. The van der Waals surface area contributed by atoms with Crippen molar-refractivity contribution in [3.05, 3.63) is 65.1 Å². The average molecular weight is 374 g/mol. The zero-order valence-corrected chi connectivity index (χ0v) is 14.3. The van der Waals surface area contributed by atoms with Crippen LogP contribution in [0.3, 0.4) is 0 Å². The lowest BCUT2D eigenvalue weighted by Gasteiger charge is -2.10. The van der Waals surface area contributed by atoms with E-state index >= 15 is 0 Å². The molecule has 26 heavy (non-hydrogen) atoms. The monoisotopic (exact) mass is 373 g/mol. The Morgan fingerprint density at radius 1 is 1.15 bits per heavy atom. The maximum Gasteiger partial charge on any atom is 0.337 e. The van der Waals surface area contributed by atoms with Gasteiger partial charge in [-0.15, -0.1) is 5.10 Å². The van der Waals surface area contributed by atoms with E-state index in [1.165, 1.54) is 31.5 Å². The molecule has 0 aliphatic rings. The lowest BCUT2D eigenvalue weighted by Crippen LogP contribution is -2.05. The van der Waals surface area contributed by atoms with Gasteiger partial charge >= 0.3 is 5.97 Å². The van der Waals surface area contributed by atoms with E-state index in [4.69, 9.17) is 11.6 Å². The van der Waals surface area contributed by atoms with Crippen molar-refractivity contribution in [3.63, 3.8) is 0 Å². The van der Waals surface area contributed by atoms with Gasteiger partial charge in [0.15, 0.2) is 5.82 Å². The molecule has 0 radical (unpaired) electrons. The minimum atomic E-state index is -0.501. The Bertz CT molecular complexity index is 954. The molecule has 1 heterocycles. The number of benzene rings is 2. The van der Waals surface area contributed by atoms with E-state index < -0.39 is 11.8 Å². The first kappa shape index (κ1) is 17.6. The predicted molar refractivity (Wildman–Crippen MR) is 95.6 cm³/mol. The van der Waals surface area contributed by atoms with E-state index in [2.05, 4.69) is 30.6 Å². The second kappa shape index (κ2) is 7.75. The van der Waals surface area contributed by atoms with Gasteiger partial charge in [-0.1, -0.05) is 23.7 Å². The fourth-order valence-electron chi connectivity index (χ4n) is 2.10. The summed E-state index contributed by atoms with van der Waals surface area (Å²) in [5.41, 5.74) is 0.970. The number of hydrogen-bond donors (Lipinski definition) is 2. The van der Waals surface area contributed by atoms with Gasteiger partial charge in [0, 0.05) is 0 Å². The van der Waals surface area contributed by atoms with Crippen LogP contribution in [-0.2, 0) is 4.74 Å². The summed E-state index contributed by atoms with van der Waals surface area (Å²) in [5.74, 6) is -0.517. The number of carbonyl (C=O) groups is 1. The van der Waals surface area contributed by atoms with Gasteiger partial charge in [0.1, 0.15) is 5.82 Å². The second-order valence-corrected chi connectivity index (χ2v) is 5.49. The van der Waals surface area contributed by atoms with Crippen molar-refractivity contribution in [2.45, 2.75) is 0 Å². The lowest BCUT2D eigenvalue weighted by atomic mass is 10.2. The fraction of sp³-hybridized carbons (Fsp3) is 0.0588. The predicted octanol–water partition coefficient (Wildman–Crippen LogP) is 3.94. The smallest absolute Gasteiger partial charge is 0.337 e. The number of ether oxygens (including phenoxy) is 1. The van der Waals surface area contributed by atoms with E-state index in [0.29, 0.717) is 16.3 Å². The molecule has 3 rings (SSSR count). The number of para-hydroxylation sites is 1. The standard InChI is InChI=1S/C17H13ClFN5O2/c1-26-16(25)10-6-7-11(18)14(8-10)22-17-23-15(9-20-24-17)21-13-5-3-2-4-12(13)19/h2-9H,1H3,(H2,21,22,23,24). The summed E-state index contributed by atoms with van der Waals surface area (Å²) >= 11 is 6.13. The Kier molecular flexibility index (Phi) is 5.23. The van der Waals surface area contributed by atoms with E-state index in [-0.39, 0.29) is 17.5 Å². The summed E-state index contributed by atoms with van der Waals surface area (Å²) in [6.07, 6.45) is 1.35. The van der Waals surface area contributed by atoms with Gasteiger partial charge in [-0.25, -0.2) is 9.18 Å². The Morgan fingerprint density at radius 3 is 2.73 bits per heavy atom. The van der Waals surface area contributed by atoms with Gasteiger partial charge in [0.05, 0.1) is 35.3 Å². The topological polar surface area (TPSA) is 89.0 Å². The second-order valence-electron chi connectivity index (χ2n) is 5.08. The number of carbonyl (C=O) groups excluding carboxylic acids is 1. The van der Waals surface area contributed by atoms with Crippen LogP contribution in [-0.4, -0.2) is 28.3 Å². The van der Waals surface area contributed by atoms with Crippen molar-refractivity contribution in [1.82, 2.24) is 15.2 Å². The van der Waals surface area contributed by atoms with Crippen LogP contribution in [0.25, 0.3) is 0 Å². The minimum absolute atomic E-state index is 0.121. The van der Waals surface area contributed by atoms with Crippen LogP contribution in [0.1, 0.15) is 10.4 Å². The molecule has 3 aromatic rings. The maximum atomic E-state index is 13.7. The van der Waals surface area contributed by atoms with Gasteiger partial charge in [-0.05, 0) is 30.3 Å². The van der Waals surface area contributed by atoms with Crippen LogP contribution in [0.2, 0.25) is 5.02 Å². The molecule has 0 saturated heterocycles. The van der Waals surface area contributed by atoms with Gasteiger partial charge in [-0.2, -0.15) is 10.1 Å². The molecule has 132 valence electrons. The number of aromatic nitrogens is 3. The Balaban J connectivity index is 1.83. The van der Waals surface area contributed by atoms with Gasteiger partial charge < -0.3 is 15.4 Å². The number of methoxy groups -OCH3 is 1. The highest BCUT2D eigenvalue weighted by atomic mass is 35.5. The molecule has 0 aliphatic carbocycles. The molecule has 0 fully saturated rings. The van der Waals surface area contributed by atoms with Crippen molar-refractivity contribution in [2.75, 3.05) is 17.7 Å². The molecule has 9 heteroatoms. The van der Waals surface area contributed by atoms with Crippen molar-refractivity contribution in [1.29, 1.82) is 0 Å². The summed E-state index contributed by atoms with van der Waals surface area (Å²) in [6, 6.07) is 10.8. The Morgan fingerprint density at radius 2 is 1.96 bits per heavy atom. The number of rotatable bonds is 5. The summed E-state index contributed by atoms with van der Waals surface area (Å²) in [7, 11) is 1.29. The third-order valence-electron chi connectivity index (χ3n) is 3.33. The highest BCUT2D eigenvalue weighted by Crippen LogP contribution is 2.26. The van der Waals surface area contributed by atoms with Crippen LogP contribution in [0, 0.1) is 5.82 Å². The largest absolute Gasteiger partial charge is 0.465 e. The SMILES string of the molecule is COC(=O)c1ccc(Cl)c(Nc2nncc(Nc3ccccc3F)n2)c1. The quantitative estimate of drug-likeness (QED) is 0.655. The summed E-state index contributed by atoms with van der Waals surface area (Å²) in [5, 5.41) is 13.7. The number of anilines is 4. The molecule has 7 nitrogen and oxygen atoms in total. The molecular weight excluding hydrogens is 361 g/mol. The zero-order valence-electron chi connectivity index (χ0n) is 13.5. The normalized spacial score (nSPS) is 10.3. The fourth-order valence-corrected chi connectivity index (χ4v) is 2.27. The summed E-state index contributed by atoms with van der Waals surface area (Å²) in [4.78, 5) is 15.8. The number of esters is 1. The molecular formula is C17H13ClFN5O2. The molecule has 0 aliphatic heterocycles. The molecule has 2 aromatic carbocycles. The Labute approximate surface area is 153 Å². The van der Waals surface area contributed by atoms with Crippen LogP contribution in [0.4, 0.5) is 27.5 Å². The highest BCUT2D eigenvalue weighted by Gasteiger charge is 2.11.